The highest BCUT2D eigenvalue weighted by molar-refractivity contribution is 6.29. The summed E-state index contributed by atoms with van der Waals surface area (Å²) in [5, 5.41) is 18.8. The Labute approximate surface area is 495 Å². The zero-order valence-electron chi connectivity index (χ0n) is 46.7. The van der Waals surface area contributed by atoms with E-state index >= 15 is 0 Å². The van der Waals surface area contributed by atoms with Gasteiger partial charge >= 0.3 is 0 Å². The lowest BCUT2D eigenvalue weighted by Crippen LogP contribution is -1.94. The summed E-state index contributed by atoms with van der Waals surface area (Å²) in [7, 11) is 0. The van der Waals surface area contributed by atoms with Crippen LogP contribution in [0.4, 0.5) is 0 Å². The van der Waals surface area contributed by atoms with Crippen molar-refractivity contribution in [2.75, 3.05) is 0 Å². The van der Waals surface area contributed by atoms with E-state index in [0.29, 0.717) is 0 Å². The molecule has 0 radical (unpaired) electrons. The highest BCUT2D eigenvalue weighted by Crippen LogP contribution is 2.52. The fourth-order valence-corrected chi connectivity index (χ4v) is 14.4. The number of rotatable bonds is 7. The predicted octanol–water partition coefficient (Wildman–Crippen LogP) is 24.1. The van der Waals surface area contributed by atoms with Crippen molar-refractivity contribution >= 4 is 109 Å². The van der Waals surface area contributed by atoms with E-state index in [9.17, 15) is 0 Å². The Bertz CT molecular complexity index is 5690. The number of fused-ring (bicyclic) bond motifs is 12. The molecule has 0 aliphatic rings. The van der Waals surface area contributed by atoms with Crippen molar-refractivity contribution in [3.8, 4) is 77.9 Å². The largest absolute Gasteiger partial charge is 0.456 e. The first-order valence-electron chi connectivity index (χ1n) is 29.6. The van der Waals surface area contributed by atoms with Crippen LogP contribution in [0.1, 0.15) is 0 Å². The topological polar surface area (TPSA) is 26.3 Å². The number of benzene rings is 16. The molecule has 18 rings (SSSR count). The van der Waals surface area contributed by atoms with Gasteiger partial charge in [0.2, 0.25) is 0 Å². The Morgan fingerprint density at radius 1 is 0.163 bits per heavy atom. The van der Waals surface area contributed by atoms with Crippen LogP contribution < -0.4 is 0 Å². The first kappa shape index (κ1) is 48.2. The van der Waals surface area contributed by atoms with Crippen molar-refractivity contribution in [3.05, 3.63) is 303 Å². The van der Waals surface area contributed by atoms with Gasteiger partial charge < -0.3 is 8.83 Å². The summed E-state index contributed by atoms with van der Waals surface area (Å²) in [6, 6.07) is 111. The molecule has 2 heteroatoms. The molecule has 0 saturated heterocycles. The molecule has 0 fully saturated rings. The maximum absolute atomic E-state index is 6.93. The molecule has 398 valence electrons. The van der Waals surface area contributed by atoms with Gasteiger partial charge in [0.1, 0.15) is 22.3 Å². The maximum atomic E-state index is 6.93. The van der Waals surface area contributed by atoms with Crippen LogP contribution in [0.2, 0.25) is 0 Å². The standard InChI is InChI=1S/C84H50O2/c1-3-19-51(20-4-1)52-37-39-54(40-38-52)79-63-27-9-13-31-67(63)80(68-32-14-10-28-64(68)79)71-35-18-36-74-81(71)72-48-59-42-41-58(46-61(59)50-77(72)85-74)55-25-17-26-60(45-55)62-43-44-75-83(73-47-56-23-7-8-24-57(56)49-76(73)86-75)84(62)82-69-33-15-11-29-65(69)78(53-21-5-2-6-22-53)66-30-12-16-34-70(66)82/h1-50H. The number of hydrogen-bond acceptors (Lipinski definition) is 2. The number of furan rings is 2. The van der Waals surface area contributed by atoms with Gasteiger partial charge in [-0.25, -0.2) is 0 Å². The van der Waals surface area contributed by atoms with E-state index in [1.807, 2.05) is 0 Å². The van der Waals surface area contributed by atoms with E-state index in [1.165, 1.54) is 93.0 Å². The summed E-state index contributed by atoms with van der Waals surface area (Å²) in [5.41, 5.74) is 20.1. The fourth-order valence-electron chi connectivity index (χ4n) is 14.4. The van der Waals surface area contributed by atoms with E-state index in [-0.39, 0.29) is 0 Å². The Hall–Kier alpha value is -11.3. The molecule has 2 heterocycles. The molecule has 0 amide bonds. The van der Waals surface area contributed by atoms with Gasteiger partial charge in [-0.3, -0.25) is 0 Å². The van der Waals surface area contributed by atoms with Crippen LogP contribution in [0, 0.1) is 0 Å². The first-order valence-corrected chi connectivity index (χ1v) is 29.6. The van der Waals surface area contributed by atoms with E-state index in [2.05, 4.69) is 303 Å². The molecule has 86 heavy (non-hydrogen) atoms. The Kier molecular flexibility index (Phi) is 10.7. The molecule has 2 nitrogen and oxygen atoms in total. The highest BCUT2D eigenvalue weighted by atomic mass is 16.3. The summed E-state index contributed by atoms with van der Waals surface area (Å²) in [4.78, 5) is 0. The molecule has 16 aromatic carbocycles. The lowest BCUT2D eigenvalue weighted by molar-refractivity contribution is 0.669. The van der Waals surface area contributed by atoms with Gasteiger partial charge in [0.15, 0.2) is 0 Å². The van der Waals surface area contributed by atoms with E-state index in [0.717, 1.165) is 93.4 Å². The Balaban J connectivity index is 0.796. The lowest BCUT2D eigenvalue weighted by Gasteiger charge is -2.20. The van der Waals surface area contributed by atoms with Crippen molar-refractivity contribution in [3.63, 3.8) is 0 Å². The van der Waals surface area contributed by atoms with Gasteiger partial charge in [-0.15, -0.1) is 0 Å². The van der Waals surface area contributed by atoms with Crippen LogP contribution in [0.3, 0.4) is 0 Å². The average molecular weight is 1090 g/mol. The zero-order valence-corrected chi connectivity index (χ0v) is 46.7. The van der Waals surface area contributed by atoms with E-state index < -0.39 is 0 Å². The molecule has 0 saturated carbocycles. The summed E-state index contributed by atoms with van der Waals surface area (Å²) >= 11 is 0. The van der Waals surface area contributed by atoms with E-state index in [1.54, 1.807) is 0 Å². The minimum Gasteiger partial charge on any atom is -0.456 e. The summed E-state index contributed by atoms with van der Waals surface area (Å²) in [5.74, 6) is 0. The van der Waals surface area contributed by atoms with Crippen molar-refractivity contribution in [1.82, 2.24) is 0 Å². The van der Waals surface area contributed by atoms with Crippen LogP contribution in [0.5, 0.6) is 0 Å². The molecule has 0 atom stereocenters. The normalized spacial score (nSPS) is 12.0. The molecule has 2 aromatic heterocycles. The minimum atomic E-state index is 0.865. The van der Waals surface area contributed by atoms with Crippen molar-refractivity contribution < 1.29 is 8.83 Å². The third-order valence-electron chi connectivity index (χ3n) is 18.2. The summed E-state index contributed by atoms with van der Waals surface area (Å²) < 4.78 is 13.8. The third kappa shape index (κ3) is 7.46. The van der Waals surface area contributed by atoms with Gasteiger partial charge in [0.05, 0.1) is 0 Å². The van der Waals surface area contributed by atoms with Gasteiger partial charge in [-0.05, 0) is 185 Å². The molecular formula is C84H50O2. The van der Waals surface area contributed by atoms with Crippen molar-refractivity contribution in [2.24, 2.45) is 0 Å². The molecule has 0 bridgehead atoms. The molecule has 0 aliphatic carbocycles. The van der Waals surface area contributed by atoms with E-state index in [4.69, 9.17) is 8.83 Å². The average Bonchev–Trinajstić information content (AvgIpc) is 1.50. The predicted molar refractivity (Wildman–Crippen MR) is 364 cm³/mol. The van der Waals surface area contributed by atoms with Gasteiger partial charge in [-0.1, -0.05) is 255 Å². The second-order valence-corrected chi connectivity index (χ2v) is 22.9. The smallest absolute Gasteiger partial charge is 0.136 e. The van der Waals surface area contributed by atoms with Crippen LogP contribution in [0.15, 0.2) is 312 Å². The van der Waals surface area contributed by atoms with Crippen LogP contribution in [-0.4, -0.2) is 0 Å². The maximum Gasteiger partial charge on any atom is 0.136 e. The molecule has 0 N–H and O–H groups in total. The van der Waals surface area contributed by atoms with Crippen LogP contribution >= 0.6 is 0 Å². The van der Waals surface area contributed by atoms with Gasteiger partial charge in [0, 0.05) is 27.1 Å². The molecular weight excluding hydrogens is 1040 g/mol. The second-order valence-electron chi connectivity index (χ2n) is 22.9. The van der Waals surface area contributed by atoms with Crippen LogP contribution in [-0.2, 0) is 0 Å². The summed E-state index contributed by atoms with van der Waals surface area (Å²) in [6.07, 6.45) is 0. The SMILES string of the molecule is c1ccc(-c2ccc(-c3c4ccccc4c(-c4cccc5oc6cc7cc(-c8cccc(-c9ccc%10oc%11cc%12ccccc%12cc%11c%10c9-c9c%10ccccc%10c(-c%10ccccc%10)c%10ccccc9%10)c8)ccc7cc6c45)c4ccccc34)cc2)cc1. The molecule has 0 unspecified atom stereocenters. The third-order valence-corrected chi connectivity index (χ3v) is 18.2. The lowest BCUT2D eigenvalue weighted by atomic mass is 9.82. The van der Waals surface area contributed by atoms with Crippen LogP contribution in [0.25, 0.3) is 186 Å². The Morgan fingerprint density at radius 3 is 1.19 bits per heavy atom. The monoisotopic (exact) mass is 1090 g/mol. The van der Waals surface area contributed by atoms with Gasteiger partial charge in [-0.2, -0.15) is 0 Å². The summed E-state index contributed by atoms with van der Waals surface area (Å²) in [6.45, 7) is 0. The van der Waals surface area contributed by atoms with Crippen molar-refractivity contribution in [2.45, 2.75) is 0 Å². The fraction of sp³-hybridized carbons (Fsp3) is 0. The van der Waals surface area contributed by atoms with Crippen molar-refractivity contribution in [1.29, 1.82) is 0 Å². The van der Waals surface area contributed by atoms with Gasteiger partial charge in [0.25, 0.3) is 0 Å². The first-order chi connectivity index (χ1) is 42.6. The number of hydrogen-bond donors (Lipinski definition) is 0. The molecule has 18 aromatic rings. The zero-order chi connectivity index (χ0) is 56.4. The minimum absolute atomic E-state index is 0.865. The highest BCUT2D eigenvalue weighted by Gasteiger charge is 2.26. The molecule has 0 spiro atoms. The second kappa shape index (κ2) is 19.1. The Morgan fingerprint density at radius 2 is 0.570 bits per heavy atom. The molecule has 0 aliphatic heterocycles. The quantitative estimate of drug-likeness (QED) is 0.149.